The van der Waals surface area contributed by atoms with E-state index in [4.69, 9.17) is 0 Å². The average molecular weight is 220 g/mol. The van der Waals surface area contributed by atoms with Crippen molar-refractivity contribution in [1.82, 2.24) is 0 Å². The third kappa shape index (κ3) is 1.83. The maximum Gasteiger partial charge on any atom is -0.0323 e. The van der Waals surface area contributed by atoms with Gasteiger partial charge in [0.05, 0.1) is 0 Å². The summed E-state index contributed by atoms with van der Waals surface area (Å²) in [6, 6.07) is 0. The molecule has 0 heteroatoms. The van der Waals surface area contributed by atoms with Crippen LogP contribution >= 0.6 is 0 Å². The first-order valence-corrected chi connectivity index (χ1v) is 7.67. The second-order valence-electron chi connectivity index (χ2n) is 7.52. The molecule has 16 heavy (non-hydrogen) atoms. The Hall–Kier alpha value is 0. The summed E-state index contributed by atoms with van der Waals surface area (Å²) in [6.07, 6.45) is 13.9. The van der Waals surface area contributed by atoms with Gasteiger partial charge in [-0.1, -0.05) is 52.4 Å². The van der Waals surface area contributed by atoms with Crippen molar-refractivity contribution < 1.29 is 0 Å². The average Bonchev–Trinajstić information content (AvgIpc) is 2.27. The van der Waals surface area contributed by atoms with Gasteiger partial charge in [-0.05, 0) is 48.3 Å². The van der Waals surface area contributed by atoms with Crippen LogP contribution in [0.25, 0.3) is 0 Å². The van der Waals surface area contributed by atoms with Crippen molar-refractivity contribution in [2.75, 3.05) is 0 Å². The molecule has 0 bridgehead atoms. The lowest BCUT2D eigenvalue weighted by atomic mass is 9.53. The van der Waals surface area contributed by atoms with Crippen molar-refractivity contribution >= 4 is 0 Å². The molecule has 0 aliphatic heterocycles. The van der Waals surface area contributed by atoms with E-state index in [1.165, 1.54) is 25.7 Å². The molecule has 0 nitrogen and oxygen atoms in total. The smallest absolute Gasteiger partial charge is 0.0323 e. The van der Waals surface area contributed by atoms with E-state index in [1.54, 1.807) is 32.1 Å². The number of rotatable bonds is 0. The molecule has 0 aromatic heterocycles. The molecule has 0 spiro atoms. The van der Waals surface area contributed by atoms with E-state index >= 15 is 0 Å². The van der Waals surface area contributed by atoms with E-state index < -0.39 is 0 Å². The highest BCUT2D eigenvalue weighted by atomic mass is 14.5. The molecule has 92 valence electrons. The van der Waals surface area contributed by atoms with Crippen molar-refractivity contribution in [1.29, 1.82) is 0 Å². The Morgan fingerprint density at radius 3 is 2.12 bits per heavy atom. The Labute approximate surface area is 101 Å². The van der Waals surface area contributed by atoms with Gasteiger partial charge in [0.1, 0.15) is 0 Å². The third-order valence-corrected chi connectivity index (χ3v) is 6.20. The molecular formula is C16H28. The standard InChI is InChI=1S/C16H28/c1-16(2)9-5-8-14-10-12-6-3-4-7-13(12)11-15(14)16/h12-15H,3-11H2,1-2H3. The predicted molar refractivity (Wildman–Crippen MR) is 69.3 cm³/mol. The molecule has 4 unspecified atom stereocenters. The van der Waals surface area contributed by atoms with E-state index in [0.717, 1.165) is 23.7 Å². The van der Waals surface area contributed by atoms with Crippen LogP contribution in [0, 0.1) is 29.1 Å². The zero-order valence-electron chi connectivity index (χ0n) is 11.2. The monoisotopic (exact) mass is 220 g/mol. The summed E-state index contributed by atoms with van der Waals surface area (Å²) in [5, 5.41) is 0. The van der Waals surface area contributed by atoms with Gasteiger partial charge >= 0.3 is 0 Å². The highest BCUT2D eigenvalue weighted by molar-refractivity contribution is 4.95. The van der Waals surface area contributed by atoms with Gasteiger partial charge in [-0.2, -0.15) is 0 Å². The summed E-state index contributed by atoms with van der Waals surface area (Å²) in [7, 11) is 0. The summed E-state index contributed by atoms with van der Waals surface area (Å²) in [5.74, 6) is 4.42. The Bertz CT molecular complexity index is 253. The van der Waals surface area contributed by atoms with Gasteiger partial charge in [-0.25, -0.2) is 0 Å². The van der Waals surface area contributed by atoms with E-state index in [9.17, 15) is 0 Å². The van der Waals surface area contributed by atoms with Crippen LogP contribution in [0.4, 0.5) is 0 Å². The highest BCUT2D eigenvalue weighted by Gasteiger charge is 2.45. The van der Waals surface area contributed by atoms with Crippen LogP contribution < -0.4 is 0 Å². The van der Waals surface area contributed by atoms with Crippen molar-refractivity contribution in [3.8, 4) is 0 Å². The lowest BCUT2D eigenvalue weighted by molar-refractivity contribution is -0.0212. The van der Waals surface area contributed by atoms with Crippen molar-refractivity contribution in [2.45, 2.75) is 71.6 Å². The molecule has 4 atom stereocenters. The summed E-state index contributed by atoms with van der Waals surface area (Å²) >= 11 is 0. The highest BCUT2D eigenvalue weighted by Crippen LogP contribution is 2.55. The van der Waals surface area contributed by atoms with Crippen LogP contribution in [-0.4, -0.2) is 0 Å². The maximum atomic E-state index is 2.55. The lowest BCUT2D eigenvalue weighted by Gasteiger charge is -2.52. The predicted octanol–water partition coefficient (Wildman–Crippen LogP) is 5.03. The number of fused-ring (bicyclic) bond motifs is 2. The van der Waals surface area contributed by atoms with Gasteiger partial charge in [-0.15, -0.1) is 0 Å². The maximum absolute atomic E-state index is 2.55. The van der Waals surface area contributed by atoms with Crippen molar-refractivity contribution in [3.63, 3.8) is 0 Å². The summed E-state index contributed by atoms with van der Waals surface area (Å²) in [5.41, 5.74) is 0.658. The van der Waals surface area contributed by atoms with Crippen LogP contribution in [-0.2, 0) is 0 Å². The van der Waals surface area contributed by atoms with Gasteiger partial charge in [0.2, 0.25) is 0 Å². The van der Waals surface area contributed by atoms with E-state index in [-0.39, 0.29) is 0 Å². The fraction of sp³-hybridized carbons (Fsp3) is 1.00. The molecule has 0 N–H and O–H groups in total. The Kier molecular flexibility index (Phi) is 2.80. The molecule has 0 amide bonds. The van der Waals surface area contributed by atoms with E-state index in [1.807, 2.05) is 0 Å². The molecule has 3 aliphatic rings. The van der Waals surface area contributed by atoms with Crippen LogP contribution in [0.3, 0.4) is 0 Å². The fourth-order valence-corrected chi connectivity index (χ4v) is 5.26. The van der Waals surface area contributed by atoms with Crippen LogP contribution in [0.5, 0.6) is 0 Å². The molecule has 3 saturated carbocycles. The molecule has 0 radical (unpaired) electrons. The largest absolute Gasteiger partial charge is 0.0596 e. The quantitative estimate of drug-likeness (QED) is 0.537. The second kappa shape index (κ2) is 4.03. The van der Waals surface area contributed by atoms with Gasteiger partial charge in [0.15, 0.2) is 0 Å². The molecule has 3 aliphatic carbocycles. The normalized spacial score (nSPS) is 46.9. The van der Waals surface area contributed by atoms with Crippen LogP contribution in [0.1, 0.15) is 71.6 Å². The SMILES string of the molecule is CC1(C)CCCC2CC3CCCCC3CC21. The number of hydrogen-bond acceptors (Lipinski definition) is 0. The minimum atomic E-state index is 0.658. The first kappa shape index (κ1) is 11.1. The second-order valence-corrected chi connectivity index (χ2v) is 7.52. The van der Waals surface area contributed by atoms with E-state index in [2.05, 4.69) is 13.8 Å². The number of hydrogen-bond donors (Lipinski definition) is 0. The zero-order chi connectivity index (χ0) is 11.2. The summed E-state index contributed by atoms with van der Waals surface area (Å²) in [4.78, 5) is 0. The Morgan fingerprint density at radius 1 is 0.750 bits per heavy atom. The molecule has 3 rings (SSSR count). The van der Waals surface area contributed by atoms with Crippen LogP contribution in [0.2, 0.25) is 0 Å². The minimum Gasteiger partial charge on any atom is -0.0596 e. The van der Waals surface area contributed by atoms with Crippen LogP contribution in [0.15, 0.2) is 0 Å². The topological polar surface area (TPSA) is 0 Å². The van der Waals surface area contributed by atoms with Gasteiger partial charge in [0.25, 0.3) is 0 Å². The van der Waals surface area contributed by atoms with Gasteiger partial charge < -0.3 is 0 Å². The first-order chi connectivity index (χ1) is 7.67. The van der Waals surface area contributed by atoms with Gasteiger partial charge in [0, 0.05) is 0 Å². The molecule has 3 fully saturated rings. The van der Waals surface area contributed by atoms with E-state index in [0.29, 0.717) is 5.41 Å². The molecule has 0 aromatic rings. The molecule has 0 aromatic carbocycles. The molecule has 0 heterocycles. The molecule has 0 saturated heterocycles. The lowest BCUT2D eigenvalue weighted by Crippen LogP contribution is -2.43. The zero-order valence-corrected chi connectivity index (χ0v) is 11.2. The van der Waals surface area contributed by atoms with Gasteiger partial charge in [-0.3, -0.25) is 0 Å². The third-order valence-electron chi connectivity index (χ3n) is 6.20. The summed E-state index contributed by atoms with van der Waals surface area (Å²) < 4.78 is 0. The van der Waals surface area contributed by atoms with Crippen molar-refractivity contribution in [3.05, 3.63) is 0 Å². The minimum absolute atomic E-state index is 0.658. The first-order valence-electron chi connectivity index (χ1n) is 7.67. The Morgan fingerprint density at radius 2 is 1.38 bits per heavy atom. The fourth-order valence-electron chi connectivity index (χ4n) is 5.26. The van der Waals surface area contributed by atoms with Crippen molar-refractivity contribution in [2.24, 2.45) is 29.1 Å². The summed E-state index contributed by atoms with van der Waals surface area (Å²) in [6.45, 7) is 5.10. The Balaban J connectivity index is 1.76. The molecular weight excluding hydrogens is 192 g/mol.